The highest BCUT2D eigenvalue weighted by atomic mass is 16.2. The number of rotatable bonds is 1. The molecule has 3 atom stereocenters. The average Bonchev–Trinajstić information content (AvgIpc) is 3.02. The molecule has 2 amide bonds. The molecule has 0 unspecified atom stereocenters. The van der Waals surface area contributed by atoms with E-state index < -0.39 is 0 Å². The van der Waals surface area contributed by atoms with Crippen molar-refractivity contribution >= 4 is 11.8 Å². The van der Waals surface area contributed by atoms with Crippen molar-refractivity contribution in [1.29, 1.82) is 0 Å². The fourth-order valence-electron chi connectivity index (χ4n) is 5.22. The van der Waals surface area contributed by atoms with E-state index in [2.05, 4.69) is 9.80 Å². The van der Waals surface area contributed by atoms with E-state index >= 15 is 0 Å². The van der Waals surface area contributed by atoms with Crippen molar-refractivity contribution in [1.82, 2.24) is 9.80 Å². The van der Waals surface area contributed by atoms with Crippen molar-refractivity contribution in [2.24, 2.45) is 17.8 Å². The molecule has 21 heavy (non-hydrogen) atoms. The second-order valence-corrected chi connectivity index (χ2v) is 7.59. The molecule has 1 saturated carbocycles. The van der Waals surface area contributed by atoms with Gasteiger partial charge in [0.25, 0.3) is 0 Å². The van der Waals surface area contributed by atoms with Crippen LogP contribution in [0.25, 0.3) is 0 Å². The quantitative estimate of drug-likeness (QED) is 0.741. The third kappa shape index (κ3) is 2.36. The Bertz CT molecular complexity index is 444. The molecule has 4 fully saturated rings. The van der Waals surface area contributed by atoms with Crippen molar-refractivity contribution in [3.05, 3.63) is 0 Å². The number of likely N-dealkylation sites (tertiary alicyclic amines) is 1. The van der Waals surface area contributed by atoms with Gasteiger partial charge in [-0.2, -0.15) is 0 Å². The van der Waals surface area contributed by atoms with Gasteiger partial charge in [-0.3, -0.25) is 9.59 Å². The number of carbonyl (C=O) groups excluding carboxylic acids is 2. The zero-order chi connectivity index (χ0) is 14.4. The van der Waals surface area contributed by atoms with Gasteiger partial charge in [0.2, 0.25) is 11.8 Å². The van der Waals surface area contributed by atoms with E-state index in [1.54, 1.807) is 0 Å². The maximum atomic E-state index is 12.7. The Hall–Kier alpha value is -1.06. The fourth-order valence-corrected chi connectivity index (χ4v) is 5.22. The van der Waals surface area contributed by atoms with Crippen molar-refractivity contribution in [2.75, 3.05) is 19.6 Å². The van der Waals surface area contributed by atoms with E-state index in [0.717, 1.165) is 51.7 Å². The molecule has 0 aromatic carbocycles. The lowest BCUT2D eigenvalue weighted by atomic mass is 9.75. The van der Waals surface area contributed by atoms with Gasteiger partial charge in [-0.1, -0.05) is 12.8 Å². The van der Waals surface area contributed by atoms with E-state index in [1.165, 1.54) is 19.3 Å². The Labute approximate surface area is 126 Å². The van der Waals surface area contributed by atoms with Crippen LogP contribution in [0.3, 0.4) is 0 Å². The second kappa shape index (κ2) is 5.29. The maximum Gasteiger partial charge on any atom is 0.225 e. The van der Waals surface area contributed by atoms with Gasteiger partial charge in [0.15, 0.2) is 0 Å². The smallest absolute Gasteiger partial charge is 0.225 e. The monoisotopic (exact) mass is 290 g/mol. The van der Waals surface area contributed by atoms with E-state index in [9.17, 15) is 9.59 Å². The van der Waals surface area contributed by atoms with E-state index in [1.807, 2.05) is 0 Å². The van der Waals surface area contributed by atoms with Crippen LogP contribution in [0, 0.1) is 17.8 Å². The highest BCUT2D eigenvalue weighted by Crippen LogP contribution is 2.39. The van der Waals surface area contributed by atoms with E-state index in [4.69, 9.17) is 0 Å². The van der Waals surface area contributed by atoms with Crippen molar-refractivity contribution < 1.29 is 9.59 Å². The minimum absolute atomic E-state index is 0.299. The molecule has 4 aliphatic rings. The number of hydrogen-bond donors (Lipinski definition) is 0. The van der Waals surface area contributed by atoms with Gasteiger partial charge < -0.3 is 9.80 Å². The molecule has 3 aliphatic heterocycles. The lowest BCUT2D eigenvalue weighted by Crippen LogP contribution is -2.61. The van der Waals surface area contributed by atoms with Crippen molar-refractivity contribution in [3.63, 3.8) is 0 Å². The van der Waals surface area contributed by atoms with Crippen LogP contribution in [0.1, 0.15) is 51.4 Å². The number of hydrogen-bond acceptors (Lipinski definition) is 2. The summed E-state index contributed by atoms with van der Waals surface area (Å²) in [4.78, 5) is 29.1. The minimum atomic E-state index is 0.299. The van der Waals surface area contributed by atoms with Gasteiger partial charge in [-0.25, -0.2) is 0 Å². The molecule has 4 nitrogen and oxygen atoms in total. The Morgan fingerprint density at radius 2 is 1.81 bits per heavy atom. The summed E-state index contributed by atoms with van der Waals surface area (Å²) in [6.07, 6.45) is 8.79. The Morgan fingerprint density at radius 1 is 1.00 bits per heavy atom. The summed E-state index contributed by atoms with van der Waals surface area (Å²) in [7, 11) is 0. The first-order valence-electron chi connectivity index (χ1n) is 8.80. The lowest BCUT2D eigenvalue weighted by molar-refractivity contribution is -0.150. The second-order valence-electron chi connectivity index (χ2n) is 7.59. The molecule has 0 aromatic rings. The van der Waals surface area contributed by atoms with Crippen LogP contribution in [0.2, 0.25) is 0 Å². The number of carbonyl (C=O) groups is 2. The molecule has 0 spiro atoms. The van der Waals surface area contributed by atoms with Crippen LogP contribution < -0.4 is 0 Å². The van der Waals surface area contributed by atoms with Crippen molar-refractivity contribution in [3.8, 4) is 0 Å². The molecule has 0 N–H and O–H groups in total. The van der Waals surface area contributed by atoms with Crippen LogP contribution in [0.15, 0.2) is 0 Å². The number of piperidine rings is 3. The Balaban J connectivity index is 1.48. The largest absolute Gasteiger partial charge is 0.342 e. The Morgan fingerprint density at radius 3 is 2.62 bits per heavy atom. The molecule has 0 aromatic heterocycles. The van der Waals surface area contributed by atoms with E-state index in [0.29, 0.717) is 35.6 Å². The number of amides is 2. The zero-order valence-electron chi connectivity index (χ0n) is 12.8. The summed E-state index contributed by atoms with van der Waals surface area (Å²) < 4.78 is 0. The highest BCUT2D eigenvalue weighted by molar-refractivity contribution is 5.80. The summed E-state index contributed by atoms with van der Waals surface area (Å²) in [6.45, 7) is 2.69. The van der Waals surface area contributed by atoms with Crippen LogP contribution in [-0.2, 0) is 9.59 Å². The molecule has 4 heteroatoms. The first-order chi connectivity index (χ1) is 10.2. The number of fused-ring (bicyclic) bond motifs is 4. The van der Waals surface area contributed by atoms with Crippen molar-refractivity contribution in [2.45, 2.75) is 57.4 Å². The average molecular weight is 290 g/mol. The summed E-state index contributed by atoms with van der Waals surface area (Å²) >= 11 is 0. The van der Waals surface area contributed by atoms with Gasteiger partial charge >= 0.3 is 0 Å². The lowest BCUT2D eigenvalue weighted by Gasteiger charge is -2.52. The number of nitrogens with zero attached hydrogens (tertiary/aromatic N) is 2. The molecular weight excluding hydrogens is 264 g/mol. The van der Waals surface area contributed by atoms with Crippen LogP contribution in [0.4, 0.5) is 0 Å². The SMILES string of the molecule is O=C(C1CCCC1)N1C[C@H]2C[C@H](C1)[C@H]1CCCC(=O)N1C2. The van der Waals surface area contributed by atoms with Gasteiger partial charge in [-0.05, 0) is 43.9 Å². The van der Waals surface area contributed by atoms with Crippen LogP contribution in [-0.4, -0.2) is 47.3 Å². The minimum Gasteiger partial charge on any atom is -0.342 e. The third-order valence-electron chi connectivity index (χ3n) is 6.20. The van der Waals surface area contributed by atoms with Gasteiger partial charge in [-0.15, -0.1) is 0 Å². The van der Waals surface area contributed by atoms with Crippen LogP contribution in [0.5, 0.6) is 0 Å². The van der Waals surface area contributed by atoms with Crippen LogP contribution >= 0.6 is 0 Å². The summed E-state index contributed by atoms with van der Waals surface area (Å²) in [6, 6.07) is 0.418. The molecule has 0 radical (unpaired) electrons. The fraction of sp³-hybridized carbons (Fsp3) is 0.882. The van der Waals surface area contributed by atoms with Gasteiger partial charge in [0.1, 0.15) is 0 Å². The van der Waals surface area contributed by atoms with Gasteiger partial charge in [0.05, 0.1) is 0 Å². The summed E-state index contributed by atoms with van der Waals surface area (Å²) in [5, 5.41) is 0. The molecule has 4 rings (SSSR count). The molecule has 3 saturated heterocycles. The summed E-state index contributed by atoms with van der Waals surface area (Å²) in [5.74, 6) is 2.13. The van der Waals surface area contributed by atoms with E-state index in [-0.39, 0.29) is 0 Å². The normalized spacial score (nSPS) is 36.8. The summed E-state index contributed by atoms with van der Waals surface area (Å²) in [5.41, 5.74) is 0. The molecule has 116 valence electrons. The molecule has 3 heterocycles. The standard InChI is InChI=1S/C17H26N2O2/c20-16-7-3-6-15-14-8-12(10-19(15)16)9-18(11-14)17(21)13-4-1-2-5-13/h12-15H,1-11H2/t12-,14-,15-/m1/s1. The predicted octanol–water partition coefficient (Wildman–Crippen LogP) is 2.04. The predicted molar refractivity (Wildman–Crippen MR) is 79.5 cm³/mol. The maximum absolute atomic E-state index is 12.7. The molecule has 2 bridgehead atoms. The highest BCUT2D eigenvalue weighted by Gasteiger charge is 2.45. The van der Waals surface area contributed by atoms with Gasteiger partial charge in [0, 0.05) is 38.0 Å². The Kier molecular flexibility index (Phi) is 3.43. The zero-order valence-corrected chi connectivity index (χ0v) is 12.8. The molecular formula is C17H26N2O2. The molecule has 1 aliphatic carbocycles. The first-order valence-corrected chi connectivity index (χ1v) is 8.80. The topological polar surface area (TPSA) is 40.6 Å². The first kappa shape index (κ1) is 13.6. The third-order valence-corrected chi connectivity index (χ3v) is 6.20.